The first kappa shape index (κ1) is 24.1. The SMILES string of the molecule is CCOc1ccc(NC(=S)Nc2ccc(S(=O)(=O)Nc3ccc(OC)cc3)cc2OC)cc1. The molecule has 3 aromatic carbocycles. The van der Waals surface area contributed by atoms with Crippen molar-refractivity contribution in [3.05, 3.63) is 66.7 Å². The number of rotatable bonds is 9. The molecular formula is C23H25N3O5S2. The maximum atomic E-state index is 12.8. The van der Waals surface area contributed by atoms with E-state index >= 15 is 0 Å². The molecule has 174 valence electrons. The molecule has 8 nitrogen and oxygen atoms in total. The van der Waals surface area contributed by atoms with Crippen LogP contribution in [0.3, 0.4) is 0 Å². The van der Waals surface area contributed by atoms with E-state index in [2.05, 4.69) is 15.4 Å². The fourth-order valence-electron chi connectivity index (χ4n) is 2.90. The van der Waals surface area contributed by atoms with Crippen molar-refractivity contribution in [2.45, 2.75) is 11.8 Å². The molecule has 0 spiro atoms. The molecule has 0 saturated carbocycles. The standard InChI is InChI=1S/C23H25N3O5S2/c1-4-31-19-11-5-16(6-12-19)24-23(32)25-21-14-13-20(15-22(21)30-3)33(27,28)26-17-7-9-18(29-2)10-8-17/h5-15,26H,4H2,1-3H3,(H2,24,25,32). The molecule has 0 atom stereocenters. The summed E-state index contributed by atoms with van der Waals surface area (Å²) in [5.74, 6) is 1.72. The van der Waals surface area contributed by atoms with Crippen LogP contribution in [-0.2, 0) is 10.0 Å². The van der Waals surface area contributed by atoms with Crippen molar-refractivity contribution < 1.29 is 22.6 Å². The smallest absolute Gasteiger partial charge is 0.262 e. The highest BCUT2D eigenvalue weighted by atomic mass is 32.2. The van der Waals surface area contributed by atoms with Crippen LogP contribution in [0.4, 0.5) is 17.1 Å². The first-order valence-electron chi connectivity index (χ1n) is 10.0. The molecule has 0 saturated heterocycles. The average Bonchev–Trinajstić information content (AvgIpc) is 2.81. The molecule has 0 radical (unpaired) electrons. The van der Waals surface area contributed by atoms with Crippen LogP contribution in [0.2, 0.25) is 0 Å². The Hall–Kier alpha value is -3.50. The summed E-state index contributed by atoms with van der Waals surface area (Å²) in [5.41, 5.74) is 1.71. The molecular weight excluding hydrogens is 462 g/mol. The lowest BCUT2D eigenvalue weighted by Crippen LogP contribution is -2.20. The number of nitrogens with one attached hydrogen (secondary N) is 3. The Morgan fingerprint density at radius 1 is 0.848 bits per heavy atom. The summed E-state index contributed by atoms with van der Waals surface area (Å²) in [6.07, 6.45) is 0. The van der Waals surface area contributed by atoms with Gasteiger partial charge in [-0.2, -0.15) is 0 Å². The molecule has 0 heterocycles. The van der Waals surface area contributed by atoms with Gasteiger partial charge in [0.15, 0.2) is 5.11 Å². The number of hydrogen-bond donors (Lipinski definition) is 3. The van der Waals surface area contributed by atoms with Gasteiger partial charge < -0.3 is 24.8 Å². The third kappa shape index (κ3) is 6.50. The van der Waals surface area contributed by atoms with Crippen LogP contribution in [0.15, 0.2) is 71.6 Å². The van der Waals surface area contributed by atoms with E-state index < -0.39 is 10.0 Å². The first-order chi connectivity index (χ1) is 15.8. The zero-order chi connectivity index (χ0) is 23.8. The number of hydrogen-bond acceptors (Lipinski definition) is 6. The predicted molar refractivity (Wildman–Crippen MR) is 134 cm³/mol. The highest BCUT2D eigenvalue weighted by molar-refractivity contribution is 7.92. The van der Waals surface area contributed by atoms with Gasteiger partial charge in [-0.25, -0.2) is 8.42 Å². The second kappa shape index (κ2) is 10.9. The van der Waals surface area contributed by atoms with E-state index in [1.54, 1.807) is 37.4 Å². The quantitative estimate of drug-likeness (QED) is 0.373. The lowest BCUT2D eigenvalue weighted by atomic mass is 10.3. The van der Waals surface area contributed by atoms with Crippen molar-refractivity contribution in [1.82, 2.24) is 0 Å². The van der Waals surface area contributed by atoms with E-state index in [1.807, 2.05) is 31.2 Å². The molecule has 0 fully saturated rings. The maximum Gasteiger partial charge on any atom is 0.262 e. The van der Waals surface area contributed by atoms with Gasteiger partial charge in [0.1, 0.15) is 17.2 Å². The van der Waals surface area contributed by atoms with Gasteiger partial charge in [-0.1, -0.05) is 0 Å². The Kier molecular flexibility index (Phi) is 7.96. The number of benzene rings is 3. The second-order valence-electron chi connectivity index (χ2n) is 6.73. The fourth-order valence-corrected chi connectivity index (χ4v) is 4.20. The van der Waals surface area contributed by atoms with Gasteiger partial charge in [0.2, 0.25) is 0 Å². The monoisotopic (exact) mass is 487 g/mol. The third-order valence-electron chi connectivity index (χ3n) is 4.50. The zero-order valence-electron chi connectivity index (χ0n) is 18.4. The lowest BCUT2D eigenvalue weighted by molar-refractivity contribution is 0.340. The van der Waals surface area contributed by atoms with Crippen molar-refractivity contribution in [2.24, 2.45) is 0 Å². The fraction of sp³-hybridized carbons (Fsp3) is 0.174. The molecule has 0 aromatic heterocycles. The summed E-state index contributed by atoms with van der Waals surface area (Å²) in [7, 11) is -0.830. The average molecular weight is 488 g/mol. The van der Waals surface area contributed by atoms with E-state index in [0.29, 0.717) is 34.6 Å². The molecule has 3 rings (SSSR count). The summed E-state index contributed by atoms with van der Waals surface area (Å²) >= 11 is 5.37. The predicted octanol–water partition coefficient (Wildman–Crippen LogP) is 4.71. The van der Waals surface area contributed by atoms with E-state index in [0.717, 1.165) is 11.4 Å². The van der Waals surface area contributed by atoms with Crippen LogP contribution in [0, 0.1) is 0 Å². The Balaban J connectivity index is 1.70. The molecule has 0 aliphatic heterocycles. The number of thiocarbonyl (C=S) groups is 1. The van der Waals surface area contributed by atoms with Gasteiger partial charge in [0.05, 0.1) is 31.4 Å². The lowest BCUT2D eigenvalue weighted by Gasteiger charge is -2.15. The largest absolute Gasteiger partial charge is 0.497 e. The highest BCUT2D eigenvalue weighted by Gasteiger charge is 2.17. The minimum atomic E-state index is -3.83. The van der Waals surface area contributed by atoms with Gasteiger partial charge in [-0.3, -0.25) is 4.72 Å². The van der Waals surface area contributed by atoms with Crippen molar-refractivity contribution in [2.75, 3.05) is 36.2 Å². The van der Waals surface area contributed by atoms with Crippen molar-refractivity contribution >= 4 is 44.4 Å². The van der Waals surface area contributed by atoms with Crippen LogP contribution in [0.1, 0.15) is 6.92 Å². The van der Waals surface area contributed by atoms with Gasteiger partial charge in [-0.05, 0) is 79.8 Å². The molecule has 10 heteroatoms. The van der Waals surface area contributed by atoms with Crippen LogP contribution < -0.4 is 29.6 Å². The van der Waals surface area contributed by atoms with Crippen molar-refractivity contribution in [3.63, 3.8) is 0 Å². The Labute approximate surface area is 198 Å². The molecule has 3 aromatic rings. The Morgan fingerprint density at radius 3 is 2.09 bits per heavy atom. The Bertz CT molecular complexity index is 1200. The summed E-state index contributed by atoms with van der Waals surface area (Å²) in [4.78, 5) is 0.0473. The van der Waals surface area contributed by atoms with Crippen molar-refractivity contribution in [1.29, 1.82) is 0 Å². The molecule has 0 bridgehead atoms. The normalized spacial score (nSPS) is 10.8. The van der Waals surface area contributed by atoms with Gasteiger partial charge >= 0.3 is 0 Å². The van der Waals surface area contributed by atoms with Gasteiger partial charge in [0, 0.05) is 17.4 Å². The molecule has 33 heavy (non-hydrogen) atoms. The van der Waals surface area contributed by atoms with E-state index in [1.165, 1.54) is 19.2 Å². The molecule has 0 unspecified atom stereocenters. The van der Waals surface area contributed by atoms with Crippen LogP contribution in [-0.4, -0.2) is 34.4 Å². The third-order valence-corrected chi connectivity index (χ3v) is 6.08. The van der Waals surface area contributed by atoms with E-state index in [4.69, 9.17) is 26.4 Å². The molecule has 0 aliphatic rings. The van der Waals surface area contributed by atoms with Crippen molar-refractivity contribution in [3.8, 4) is 17.2 Å². The summed E-state index contributed by atoms with van der Waals surface area (Å²) in [6, 6.07) is 18.4. The maximum absolute atomic E-state index is 12.8. The second-order valence-corrected chi connectivity index (χ2v) is 8.82. The summed E-state index contributed by atoms with van der Waals surface area (Å²) < 4.78 is 44.0. The minimum Gasteiger partial charge on any atom is -0.497 e. The molecule has 0 aliphatic carbocycles. The zero-order valence-corrected chi connectivity index (χ0v) is 20.0. The number of ether oxygens (including phenoxy) is 3. The van der Waals surface area contributed by atoms with Gasteiger partial charge in [-0.15, -0.1) is 0 Å². The Morgan fingerprint density at radius 2 is 1.48 bits per heavy atom. The van der Waals surface area contributed by atoms with E-state index in [-0.39, 0.29) is 4.90 Å². The number of anilines is 3. The van der Waals surface area contributed by atoms with E-state index in [9.17, 15) is 8.42 Å². The van der Waals surface area contributed by atoms with Crippen LogP contribution in [0.25, 0.3) is 0 Å². The first-order valence-corrected chi connectivity index (χ1v) is 11.9. The topological polar surface area (TPSA) is 97.9 Å². The van der Waals surface area contributed by atoms with Crippen LogP contribution >= 0.6 is 12.2 Å². The number of methoxy groups -OCH3 is 2. The summed E-state index contributed by atoms with van der Waals surface area (Å²) in [6.45, 7) is 2.51. The highest BCUT2D eigenvalue weighted by Crippen LogP contribution is 2.29. The molecule has 3 N–H and O–H groups in total. The van der Waals surface area contributed by atoms with Gasteiger partial charge in [0.25, 0.3) is 10.0 Å². The minimum absolute atomic E-state index is 0.0473. The number of sulfonamides is 1. The summed E-state index contributed by atoms with van der Waals surface area (Å²) in [5, 5.41) is 6.42. The van der Waals surface area contributed by atoms with Crippen LogP contribution in [0.5, 0.6) is 17.2 Å². The molecule has 0 amide bonds.